The number of benzene rings is 1. The standard InChI is InChI=1S/C14H10F4/c15-13(16)11-7-3-1-5-9(11)10-6-2-4-8-12(10)14(13,17)18/h1-3,5-7H,4,8H2. The van der Waals surface area contributed by atoms with E-state index in [-0.39, 0.29) is 17.6 Å². The molecule has 0 aliphatic heterocycles. The van der Waals surface area contributed by atoms with E-state index in [9.17, 15) is 17.6 Å². The van der Waals surface area contributed by atoms with Gasteiger partial charge in [0, 0.05) is 11.1 Å². The minimum Gasteiger partial charge on any atom is -0.194 e. The van der Waals surface area contributed by atoms with E-state index in [4.69, 9.17) is 0 Å². The second-order valence-corrected chi connectivity index (χ2v) is 4.53. The first-order valence-electron chi connectivity index (χ1n) is 5.72. The molecule has 0 radical (unpaired) electrons. The number of hydrogen-bond acceptors (Lipinski definition) is 0. The van der Waals surface area contributed by atoms with Crippen LogP contribution in [0.3, 0.4) is 0 Å². The van der Waals surface area contributed by atoms with Gasteiger partial charge in [-0.05, 0) is 24.0 Å². The zero-order valence-electron chi connectivity index (χ0n) is 9.39. The number of alkyl halides is 4. The summed E-state index contributed by atoms with van der Waals surface area (Å²) < 4.78 is 55.8. The molecular formula is C14H10F4. The Labute approximate surface area is 102 Å². The van der Waals surface area contributed by atoms with E-state index in [1.807, 2.05) is 0 Å². The van der Waals surface area contributed by atoms with Gasteiger partial charge in [0.1, 0.15) is 0 Å². The molecule has 4 heteroatoms. The van der Waals surface area contributed by atoms with Gasteiger partial charge in [-0.1, -0.05) is 36.4 Å². The van der Waals surface area contributed by atoms with Gasteiger partial charge >= 0.3 is 11.8 Å². The fourth-order valence-electron chi connectivity index (χ4n) is 2.59. The van der Waals surface area contributed by atoms with Gasteiger partial charge in [-0.15, -0.1) is 0 Å². The van der Waals surface area contributed by atoms with Crippen LogP contribution in [0.15, 0.2) is 42.0 Å². The second-order valence-electron chi connectivity index (χ2n) is 4.53. The summed E-state index contributed by atoms with van der Waals surface area (Å²) in [5.41, 5.74) is -0.541. The highest BCUT2D eigenvalue weighted by atomic mass is 19.3. The maximum absolute atomic E-state index is 14.0. The summed E-state index contributed by atoms with van der Waals surface area (Å²) >= 11 is 0. The highest BCUT2D eigenvalue weighted by Crippen LogP contribution is 2.56. The van der Waals surface area contributed by atoms with Crippen LogP contribution in [0.5, 0.6) is 0 Å². The number of rotatable bonds is 0. The highest BCUT2D eigenvalue weighted by Gasteiger charge is 2.63. The Hall–Kier alpha value is -1.58. The molecular weight excluding hydrogens is 244 g/mol. The van der Waals surface area contributed by atoms with Crippen LogP contribution in [0.1, 0.15) is 24.0 Å². The van der Waals surface area contributed by atoms with Crippen LogP contribution in [-0.4, -0.2) is 5.92 Å². The molecule has 0 fully saturated rings. The number of allylic oxidation sites excluding steroid dienone is 4. The smallest absolute Gasteiger partial charge is 0.194 e. The van der Waals surface area contributed by atoms with Crippen molar-refractivity contribution in [1.29, 1.82) is 0 Å². The molecule has 0 bridgehead atoms. The zero-order valence-corrected chi connectivity index (χ0v) is 9.39. The first-order valence-corrected chi connectivity index (χ1v) is 5.72. The maximum Gasteiger partial charge on any atom is 0.340 e. The fraction of sp³-hybridized carbons (Fsp3) is 0.286. The van der Waals surface area contributed by atoms with Crippen LogP contribution in [0.4, 0.5) is 17.6 Å². The van der Waals surface area contributed by atoms with Crippen molar-refractivity contribution in [3.05, 3.63) is 53.1 Å². The minimum atomic E-state index is -4.13. The normalized spacial score (nSPS) is 23.6. The topological polar surface area (TPSA) is 0 Å². The summed E-state index contributed by atoms with van der Waals surface area (Å²) in [6.07, 6.45) is 3.64. The summed E-state index contributed by atoms with van der Waals surface area (Å²) in [5.74, 6) is -8.23. The molecule has 18 heavy (non-hydrogen) atoms. The van der Waals surface area contributed by atoms with Crippen LogP contribution >= 0.6 is 0 Å². The van der Waals surface area contributed by atoms with Gasteiger partial charge < -0.3 is 0 Å². The van der Waals surface area contributed by atoms with Crippen LogP contribution in [-0.2, 0) is 5.92 Å². The van der Waals surface area contributed by atoms with Crippen molar-refractivity contribution in [2.45, 2.75) is 24.7 Å². The molecule has 0 atom stereocenters. The molecule has 0 amide bonds. The van der Waals surface area contributed by atoms with E-state index >= 15 is 0 Å². The van der Waals surface area contributed by atoms with Crippen LogP contribution < -0.4 is 0 Å². The maximum atomic E-state index is 14.0. The van der Waals surface area contributed by atoms with Crippen molar-refractivity contribution < 1.29 is 17.6 Å². The predicted molar refractivity (Wildman–Crippen MR) is 60.6 cm³/mol. The van der Waals surface area contributed by atoms with Crippen LogP contribution in [0, 0.1) is 0 Å². The van der Waals surface area contributed by atoms with Crippen LogP contribution in [0.25, 0.3) is 5.57 Å². The quantitative estimate of drug-likeness (QED) is 0.597. The van der Waals surface area contributed by atoms with E-state index in [0.29, 0.717) is 6.42 Å². The third-order valence-electron chi connectivity index (χ3n) is 3.50. The molecule has 94 valence electrons. The monoisotopic (exact) mass is 254 g/mol. The molecule has 0 N–H and O–H groups in total. The van der Waals surface area contributed by atoms with Gasteiger partial charge in [-0.25, -0.2) is 0 Å². The van der Waals surface area contributed by atoms with Crippen molar-refractivity contribution in [2.75, 3.05) is 0 Å². The first kappa shape index (κ1) is 11.5. The molecule has 0 heterocycles. The average molecular weight is 254 g/mol. The third-order valence-corrected chi connectivity index (χ3v) is 3.50. The van der Waals surface area contributed by atoms with Gasteiger partial charge in [0.2, 0.25) is 0 Å². The first-order chi connectivity index (χ1) is 8.46. The molecule has 0 aromatic heterocycles. The summed E-state index contributed by atoms with van der Waals surface area (Å²) in [4.78, 5) is 0. The van der Waals surface area contributed by atoms with E-state index < -0.39 is 23.0 Å². The molecule has 1 aromatic carbocycles. The molecule has 3 rings (SSSR count). The van der Waals surface area contributed by atoms with Crippen molar-refractivity contribution >= 4 is 5.57 Å². The summed E-state index contributed by atoms with van der Waals surface area (Å²) in [6.45, 7) is 0. The second kappa shape index (κ2) is 3.46. The molecule has 0 spiro atoms. The Morgan fingerprint density at radius 3 is 2.44 bits per heavy atom. The molecule has 0 nitrogen and oxygen atoms in total. The lowest BCUT2D eigenvalue weighted by Crippen LogP contribution is -2.43. The van der Waals surface area contributed by atoms with Crippen molar-refractivity contribution in [3.63, 3.8) is 0 Å². The van der Waals surface area contributed by atoms with E-state index in [2.05, 4.69) is 0 Å². The molecule has 0 saturated carbocycles. The van der Waals surface area contributed by atoms with Gasteiger partial charge in [0.25, 0.3) is 0 Å². The van der Waals surface area contributed by atoms with Gasteiger partial charge in [-0.2, -0.15) is 17.6 Å². The van der Waals surface area contributed by atoms with E-state index in [1.165, 1.54) is 18.2 Å². The Morgan fingerprint density at radius 2 is 1.67 bits per heavy atom. The number of halogens is 4. The Balaban J connectivity index is 2.36. The highest BCUT2D eigenvalue weighted by molar-refractivity contribution is 5.83. The summed E-state index contributed by atoms with van der Waals surface area (Å²) in [7, 11) is 0. The lowest BCUT2D eigenvalue weighted by Gasteiger charge is -2.37. The Morgan fingerprint density at radius 1 is 0.944 bits per heavy atom. The largest absolute Gasteiger partial charge is 0.340 e. The fourth-order valence-corrected chi connectivity index (χ4v) is 2.59. The minimum absolute atomic E-state index is 0.0112. The number of hydrogen-bond donors (Lipinski definition) is 0. The molecule has 2 aliphatic rings. The Bertz CT molecular complexity index is 567. The molecule has 0 saturated heterocycles. The molecule has 2 aliphatic carbocycles. The predicted octanol–water partition coefficient (Wildman–Crippen LogP) is 4.53. The van der Waals surface area contributed by atoms with Gasteiger partial charge in [0.15, 0.2) is 0 Å². The third kappa shape index (κ3) is 1.26. The van der Waals surface area contributed by atoms with Gasteiger partial charge in [0.05, 0.1) is 0 Å². The lowest BCUT2D eigenvalue weighted by atomic mass is 9.77. The lowest BCUT2D eigenvalue weighted by molar-refractivity contribution is -0.196. The summed E-state index contributed by atoms with van der Waals surface area (Å²) in [6, 6.07) is 5.51. The van der Waals surface area contributed by atoms with Gasteiger partial charge in [-0.3, -0.25) is 0 Å². The van der Waals surface area contributed by atoms with Crippen molar-refractivity contribution in [3.8, 4) is 0 Å². The van der Waals surface area contributed by atoms with Crippen molar-refractivity contribution in [2.24, 2.45) is 0 Å². The molecule has 1 aromatic rings. The Kier molecular flexibility index (Phi) is 2.22. The van der Waals surface area contributed by atoms with E-state index in [0.717, 1.165) is 6.07 Å². The van der Waals surface area contributed by atoms with E-state index in [1.54, 1.807) is 12.1 Å². The van der Waals surface area contributed by atoms with Crippen LogP contribution in [0.2, 0.25) is 0 Å². The summed E-state index contributed by atoms with van der Waals surface area (Å²) in [5, 5.41) is 0. The SMILES string of the molecule is FC1(F)C2=C(C=CCC2)c2ccccc2C1(F)F. The van der Waals surface area contributed by atoms with Crippen molar-refractivity contribution in [1.82, 2.24) is 0 Å². The molecule has 0 unspecified atom stereocenters. The zero-order chi connectivity index (χ0) is 13.0. The average Bonchev–Trinajstić information content (AvgIpc) is 2.37. The number of fused-ring (bicyclic) bond motifs is 2.